The predicted octanol–water partition coefficient (Wildman–Crippen LogP) is 7.80. The molecular weight excluding hydrogens is 573 g/mol. The molecule has 0 atom stereocenters. The highest BCUT2D eigenvalue weighted by molar-refractivity contribution is 14.1. The number of carbonyl (C=O) groups excluding carboxylic acids is 2. The van der Waals surface area contributed by atoms with Crippen molar-refractivity contribution < 1.29 is 14.7 Å². The van der Waals surface area contributed by atoms with Crippen molar-refractivity contribution in [2.24, 2.45) is 10.2 Å². The van der Waals surface area contributed by atoms with Crippen molar-refractivity contribution in [3.63, 3.8) is 0 Å². The number of phenolic OH excluding ortho intramolecular Hbond substituents is 1. The van der Waals surface area contributed by atoms with Crippen LogP contribution < -0.4 is 0 Å². The number of carbonyl (C=O) groups is 2. The van der Waals surface area contributed by atoms with Gasteiger partial charge in [-0.3, -0.25) is 14.5 Å². The molecule has 4 aromatic rings. The summed E-state index contributed by atoms with van der Waals surface area (Å²) in [6, 6.07) is 26.2. The quantitative estimate of drug-likeness (QED) is 0.146. The summed E-state index contributed by atoms with van der Waals surface area (Å²) in [5, 5.41) is 20.8. The van der Waals surface area contributed by atoms with Crippen LogP contribution in [0.1, 0.15) is 11.1 Å². The van der Waals surface area contributed by atoms with Gasteiger partial charge in [0.25, 0.3) is 11.1 Å². The molecule has 1 saturated heterocycles. The average molecular weight is 591 g/mol. The van der Waals surface area contributed by atoms with Gasteiger partial charge in [-0.15, -0.1) is 5.11 Å². The fourth-order valence-electron chi connectivity index (χ4n) is 3.68. The average Bonchev–Trinajstić information content (AvgIpc) is 3.13. The lowest BCUT2D eigenvalue weighted by Crippen LogP contribution is -2.27. The Morgan fingerprint density at radius 2 is 1.69 bits per heavy atom. The van der Waals surface area contributed by atoms with Crippen molar-refractivity contribution in [3.8, 4) is 5.75 Å². The number of hydrogen-bond acceptors (Lipinski definition) is 6. The van der Waals surface area contributed by atoms with Gasteiger partial charge in [-0.05, 0) is 87.8 Å². The molecule has 6 nitrogen and oxygen atoms in total. The Bertz CT molecular complexity index is 1510. The van der Waals surface area contributed by atoms with Crippen LogP contribution in [0, 0.1) is 3.57 Å². The van der Waals surface area contributed by atoms with Crippen LogP contribution in [0.25, 0.3) is 16.8 Å². The number of phenols is 1. The highest BCUT2D eigenvalue weighted by Crippen LogP contribution is 2.36. The van der Waals surface area contributed by atoms with Crippen LogP contribution >= 0.6 is 34.4 Å². The standard InChI is InChI=1S/C27H18IN3O3S/c28-20-10-8-17(9-11-20)16-31-26(33)25(35-27(31)34)15-19-14-21(12-13-24(19)32)29-30-23-7-3-5-18-4-1-2-6-22(18)23/h1-15,32H,16H2/b25-15-,30-29?. The van der Waals surface area contributed by atoms with E-state index >= 15 is 0 Å². The maximum atomic E-state index is 12.9. The first kappa shape index (κ1) is 23.3. The molecule has 0 saturated carbocycles. The van der Waals surface area contributed by atoms with Crippen LogP contribution in [-0.2, 0) is 11.3 Å². The minimum Gasteiger partial charge on any atom is -0.507 e. The fraction of sp³-hybridized carbons (Fsp3) is 0.0370. The number of azo groups is 1. The van der Waals surface area contributed by atoms with E-state index in [9.17, 15) is 14.7 Å². The molecule has 4 aromatic carbocycles. The van der Waals surface area contributed by atoms with E-state index in [4.69, 9.17) is 0 Å². The first-order valence-corrected chi connectivity index (χ1v) is 12.6. The third-order valence-electron chi connectivity index (χ3n) is 5.47. The van der Waals surface area contributed by atoms with Gasteiger partial charge in [-0.25, -0.2) is 0 Å². The van der Waals surface area contributed by atoms with Gasteiger partial charge >= 0.3 is 0 Å². The molecule has 1 fully saturated rings. The molecule has 1 aliphatic heterocycles. The summed E-state index contributed by atoms with van der Waals surface area (Å²) in [6.45, 7) is 0.199. The highest BCUT2D eigenvalue weighted by Gasteiger charge is 2.35. The number of halogens is 1. The second kappa shape index (κ2) is 10.0. The lowest BCUT2D eigenvalue weighted by atomic mass is 10.1. The van der Waals surface area contributed by atoms with Crippen LogP contribution in [0.5, 0.6) is 5.75 Å². The Balaban J connectivity index is 1.39. The van der Waals surface area contributed by atoms with Gasteiger partial charge in [0.1, 0.15) is 5.75 Å². The Morgan fingerprint density at radius 3 is 2.51 bits per heavy atom. The van der Waals surface area contributed by atoms with Gasteiger partial charge < -0.3 is 5.11 Å². The molecular formula is C27H18IN3O3S. The van der Waals surface area contributed by atoms with Crippen LogP contribution in [0.3, 0.4) is 0 Å². The van der Waals surface area contributed by atoms with Gasteiger partial charge in [0, 0.05) is 14.5 Å². The molecule has 172 valence electrons. The molecule has 1 aliphatic rings. The van der Waals surface area contributed by atoms with E-state index in [0.29, 0.717) is 11.3 Å². The summed E-state index contributed by atoms with van der Waals surface area (Å²) in [5.74, 6) is -0.403. The van der Waals surface area contributed by atoms with E-state index < -0.39 is 0 Å². The van der Waals surface area contributed by atoms with Crippen molar-refractivity contribution >= 4 is 73.7 Å². The second-order valence-electron chi connectivity index (χ2n) is 7.84. The summed E-state index contributed by atoms with van der Waals surface area (Å²) < 4.78 is 1.08. The van der Waals surface area contributed by atoms with E-state index in [1.54, 1.807) is 12.1 Å². The van der Waals surface area contributed by atoms with Crippen LogP contribution in [0.2, 0.25) is 0 Å². The van der Waals surface area contributed by atoms with E-state index in [2.05, 4.69) is 32.8 Å². The van der Waals surface area contributed by atoms with Gasteiger partial charge in [0.2, 0.25) is 0 Å². The number of amides is 2. The fourth-order valence-corrected chi connectivity index (χ4v) is 4.87. The first-order valence-electron chi connectivity index (χ1n) is 10.7. The summed E-state index contributed by atoms with van der Waals surface area (Å²) >= 11 is 3.06. The minimum absolute atomic E-state index is 0.0152. The Labute approximate surface area is 219 Å². The topological polar surface area (TPSA) is 82.3 Å². The molecule has 0 unspecified atom stereocenters. The monoisotopic (exact) mass is 591 g/mol. The molecule has 35 heavy (non-hydrogen) atoms. The molecule has 0 aromatic heterocycles. The number of benzene rings is 4. The molecule has 8 heteroatoms. The van der Waals surface area contributed by atoms with Crippen molar-refractivity contribution in [2.45, 2.75) is 6.54 Å². The molecule has 5 rings (SSSR count). The number of fused-ring (bicyclic) bond motifs is 1. The third kappa shape index (κ3) is 5.13. The zero-order valence-electron chi connectivity index (χ0n) is 18.3. The number of rotatable bonds is 5. The number of thioether (sulfide) groups is 1. The molecule has 1 N–H and O–H groups in total. The Morgan fingerprint density at radius 1 is 0.914 bits per heavy atom. The summed E-state index contributed by atoms with van der Waals surface area (Å²) in [5.41, 5.74) is 2.50. The lowest BCUT2D eigenvalue weighted by Gasteiger charge is -2.12. The molecule has 0 spiro atoms. The first-order chi connectivity index (χ1) is 17.0. The SMILES string of the molecule is O=C1S/C(=C\c2cc(N=Nc3cccc4ccccc34)ccc2O)C(=O)N1Cc1ccc(I)cc1. The maximum absolute atomic E-state index is 12.9. The molecule has 0 aliphatic carbocycles. The summed E-state index contributed by atoms with van der Waals surface area (Å²) in [4.78, 5) is 26.9. The number of imide groups is 1. The summed E-state index contributed by atoms with van der Waals surface area (Å²) in [6.07, 6.45) is 1.52. The van der Waals surface area contributed by atoms with Crippen molar-refractivity contribution in [1.82, 2.24) is 4.90 Å². The van der Waals surface area contributed by atoms with E-state index in [1.807, 2.05) is 66.7 Å². The summed E-state index contributed by atoms with van der Waals surface area (Å²) in [7, 11) is 0. The van der Waals surface area contributed by atoms with Crippen LogP contribution in [-0.4, -0.2) is 21.2 Å². The molecule has 1 heterocycles. The third-order valence-corrected chi connectivity index (χ3v) is 7.09. The van der Waals surface area contributed by atoms with E-state index in [-0.39, 0.29) is 28.3 Å². The van der Waals surface area contributed by atoms with Crippen molar-refractivity contribution in [2.75, 3.05) is 0 Å². The zero-order chi connectivity index (χ0) is 24.4. The van der Waals surface area contributed by atoms with Gasteiger partial charge in [-0.1, -0.05) is 48.5 Å². The van der Waals surface area contributed by atoms with E-state index in [0.717, 1.165) is 37.4 Å². The van der Waals surface area contributed by atoms with Crippen molar-refractivity contribution in [1.29, 1.82) is 0 Å². The largest absolute Gasteiger partial charge is 0.507 e. The zero-order valence-corrected chi connectivity index (χ0v) is 21.2. The minimum atomic E-state index is -0.388. The molecule has 2 amide bonds. The highest BCUT2D eigenvalue weighted by atomic mass is 127. The van der Waals surface area contributed by atoms with Gasteiger partial charge in [0.05, 0.1) is 22.8 Å². The van der Waals surface area contributed by atoms with Gasteiger partial charge in [-0.2, -0.15) is 5.11 Å². The van der Waals surface area contributed by atoms with Crippen LogP contribution in [0.4, 0.5) is 16.2 Å². The molecule has 0 bridgehead atoms. The maximum Gasteiger partial charge on any atom is 0.293 e. The molecule has 0 radical (unpaired) electrons. The number of nitrogens with zero attached hydrogens (tertiary/aromatic N) is 3. The van der Waals surface area contributed by atoms with E-state index in [1.165, 1.54) is 17.0 Å². The Hall–Kier alpha value is -3.50. The number of aromatic hydroxyl groups is 1. The van der Waals surface area contributed by atoms with Crippen LogP contribution in [0.15, 0.2) is 100 Å². The predicted molar refractivity (Wildman–Crippen MR) is 147 cm³/mol. The Kier molecular flexibility index (Phi) is 6.65. The number of hydrogen-bond donors (Lipinski definition) is 1. The normalized spacial score (nSPS) is 15.1. The van der Waals surface area contributed by atoms with Crippen molar-refractivity contribution in [3.05, 3.63) is 105 Å². The second-order valence-corrected chi connectivity index (χ2v) is 10.1. The van der Waals surface area contributed by atoms with Gasteiger partial charge in [0.15, 0.2) is 0 Å². The smallest absolute Gasteiger partial charge is 0.293 e. The lowest BCUT2D eigenvalue weighted by molar-refractivity contribution is -0.123.